The molecule has 0 aromatic carbocycles. The van der Waals surface area contributed by atoms with Crippen LogP contribution in [0.15, 0.2) is 24.5 Å². The molecule has 0 N–H and O–H groups in total. The molecule has 9 heteroatoms. The Labute approximate surface area is 171 Å². The molecule has 1 unspecified atom stereocenters. The first-order chi connectivity index (χ1) is 13.2. The molecule has 0 aliphatic heterocycles. The van der Waals surface area contributed by atoms with Crippen molar-refractivity contribution in [2.75, 3.05) is 24.0 Å². The summed E-state index contributed by atoms with van der Waals surface area (Å²) in [6, 6.07) is 3.29. The summed E-state index contributed by atoms with van der Waals surface area (Å²) in [7, 11) is 1.42. The van der Waals surface area contributed by atoms with Crippen molar-refractivity contribution in [2.24, 2.45) is 5.41 Å². The van der Waals surface area contributed by atoms with Gasteiger partial charge < -0.3 is 4.90 Å². The van der Waals surface area contributed by atoms with Gasteiger partial charge in [-0.2, -0.15) is 24.9 Å². The third kappa shape index (κ3) is 4.68. The minimum atomic E-state index is -4.65. The van der Waals surface area contributed by atoms with Gasteiger partial charge in [-0.1, -0.05) is 31.6 Å². The molecule has 0 aliphatic carbocycles. The van der Waals surface area contributed by atoms with Crippen LogP contribution in [0.5, 0.6) is 0 Å². The van der Waals surface area contributed by atoms with Crippen LogP contribution in [0.3, 0.4) is 0 Å². The van der Waals surface area contributed by atoms with Gasteiger partial charge in [0.1, 0.15) is 10.0 Å². The second kappa shape index (κ2) is 9.26. The zero-order valence-electron chi connectivity index (χ0n) is 16.3. The van der Waals surface area contributed by atoms with Crippen LogP contribution in [-0.4, -0.2) is 34.9 Å². The number of rotatable bonds is 8. The third-order valence-corrected chi connectivity index (χ3v) is 6.70. The second-order valence-corrected chi connectivity index (χ2v) is 8.44. The van der Waals surface area contributed by atoms with Crippen molar-refractivity contribution in [3.63, 3.8) is 0 Å². The lowest BCUT2D eigenvalue weighted by Gasteiger charge is -2.34. The third-order valence-electron chi connectivity index (χ3n) is 4.68. The lowest BCUT2D eigenvalue weighted by molar-refractivity contribution is -0.140. The highest BCUT2D eigenvalue weighted by Crippen LogP contribution is 2.44. The zero-order valence-corrected chi connectivity index (χ0v) is 18.0. The molecule has 154 valence electrons. The van der Waals surface area contributed by atoms with Gasteiger partial charge in [0.05, 0.1) is 5.41 Å². The van der Waals surface area contributed by atoms with Gasteiger partial charge in [-0.05, 0) is 31.2 Å². The van der Waals surface area contributed by atoms with E-state index in [1.807, 2.05) is 20.1 Å². The Morgan fingerprint density at radius 2 is 2.04 bits per heavy atom. The fraction of sp³-hybridized carbons (Fsp3) is 0.526. The SMILES string of the molecule is CCCC(CC)(CSC)C(=O)N(C)c1sc(-c2cccnc2)nc1C(F)(F)F. The van der Waals surface area contributed by atoms with Crippen molar-refractivity contribution in [3.05, 3.63) is 30.2 Å². The number of hydrogen-bond acceptors (Lipinski definition) is 5. The van der Waals surface area contributed by atoms with Gasteiger partial charge in [0.2, 0.25) is 5.91 Å². The molecule has 28 heavy (non-hydrogen) atoms. The minimum Gasteiger partial charge on any atom is -0.305 e. The molecule has 0 fully saturated rings. The van der Waals surface area contributed by atoms with Crippen molar-refractivity contribution in [1.82, 2.24) is 9.97 Å². The molecule has 0 bridgehead atoms. The summed E-state index contributed by atoms with van der Waals surface area (Å²) in [5.74, 6) is 0.272. The molecule has 2 aromatic heterocycles. The van der Waals surface area contributed by atoms with Crippen LogP contribution in [0.1, 0.15) is 38.8 Å². The number of carbonyl (C=O) groups is 1. The quantitative estimate of drug-likeness (QED) is 0.534. The first-order valence-corrected chi connectivity index (χ1v) is 11.2. The van der Waals surface area contributed by atoms with Gasteiger partial charge in [-0.3, -0.25) is 9.78 Å². The average molecular weight is 432 g/mol. The molecule has 1 atom stereocenters. The van der Waals surface area contributed by atoms with Crippen LogP contribution in [0.2, 0.25) is 0 Å². The largest absolute Gasteiger partial charge is 0.436 e. The lowest BCUT2D eigenvalue weighted by atomic mass is 9.81. The summed E-state index contributed by atoms with van der Waals surface area (Å²) >= 11 is 2.40. The summed E-state index contributed by atoms with van der Waals surface area (Å²) in [6.07, 6.45) is 2.24. The summed E-state index contributed by atoms with van der Waals surface area (Å²) in [6.45, 7) is 3.89. The van der Waals surface area contributed by atoms with Gasteiger partial charge >= 0.3 is 6.18 Å². The fourth-order valence-electron chi connectivity index (χ4n) is 3.21. The van der Waals surface area contributed by atoms with Crippen LogP contribution >= 0.6 is 23.1 Å². The zero-order chi connectivity index (χ0) is 20.9. The first kappa shape index (κ1) is 22.7. The van der Waals surface area contributed by atoms with Gasteiger partial charge in [0.25, 0.3) is 0 Å². The van der Waals surface area contributed by atoms with Crippen LogP contribution < -0.4 is 4.90 Å². The number of nitrogens with zero attached hydrogens (tertiary/aromatic N) is 3. The smallest absolute Gasteiger partial charge is 0.305 e. The summed E-state index contributed by atoms with van der Waals surface area (Å²) < 4.78 is 41.0. The molecule has 2 rings (SSSR count). The van der Waals surface area contributed by atoms with E-state index >= 15 is 0 Å². The fourth-order valence-corrected chi connectivity index (χ4v) is 5.27. The van der Waals surface area contributed by atoms with Crippen molar-refractivity contribution in [3.8, 4) is 10.6 Å². The molecular weight excluding hydrogens is 407 g/mol. The van der Waals surface area contributed by atoms with E-state index in [0.29, 0.717) is 24.2 Å². The first-order valence-electron chi connectivity index (χ1n) is 8.95. The lowest BCUT2D eigenvalue weighted by Crippen LogP contribution is -2.44. The van der Waals surface area contributed by atoms with E-state index in [1.165, 1.54) is 25.0 Å². The van der Waals surface area contributed by atoms with Gasteiger partial charge in [-0.15, -0.1) is 0 Å². The molecule has 2 heterocycles. The Hall–Kier alpha value is -1.61. The molecule has 0 spiro atoms. The molecule has 0 saturated heterocycles. The molecule has 0 aliphatic rings. The van der Waals surface area contributed by atoms with Gasteiger partial charge in [-0.25, -0.2) is 4.98 Å². The van der Waals surface area contributed by atoms with E-state index < -0.39 is 17.3 Å². The predicted molar refractivity (Wildman–Crippen MR) is 110 cm³/mol. The Morgan fingerprint density at radius 3 is 2.54 bits per heavy atom. The highest BCUT2D eigenvalue weighted by atomic mass is 32.2. The molecule has 1 amide bonds. The monoisotopic (exact) mass is 431 g/mol. The second-order valence-electron chi connectivity index (χ2n) is 6.59. The van der Waals surface area contributed by atoms with Crippen molar-refractivity contribution < 1.29 is 18.0 Å². The maximum absolute atomic E-state index is 13.7. The maximum atomic E-state index is 13.7. The number of anilines is 1. The average Bonchev–Trinajstić information content (AvgIpc) is 3.13. The molecule has 4 nitrogen and oxygen atoms in total. The summed E-state index contributed by atoms with van der Waals surface area (Å²) in [5, 5.41) is 0.0175. The van der Waals surface area contributed by atoms with E-state index in [2.05, 4.69) is 9.97 Å². The normalized spacial score (nSPS) is 14.0. The van der Waals surface area contributed by atoms with Crippen LogP contribution in [0, 0.1) is 5.41 Å². The Kier molecular flexibility index (Phi) is 7.50. The Bertz CT molecular complexity index is 787. The highest BCUT2D eigenvalue weighted by Gasteiger charge is 2.43. The topological polar surface area (TPSA) is 46.1 Å². The van der Waals surface area contributed by atoms with E-state index in [-0.39, 0.29) is 15.9 Å². The van der Waals surface area contributed by atoms with Crippen LogP contribution in [0.25, 0.3) is 10.6 Å². The molecule has 2 aromatic rings. The highest BCUT2D eigenvalue weighted by molar-refractivity contribution is 7.98. The van der Waals surface area contributed by atoms with Crippen molar-refractivity contribution in [2.45, 2.75) is 39.3 Å². The van der Waals surface area contributed by atoms with Crippen molar-refractivity contribution >= 4 is 34.0 Å². The number of alkyl halides is 3. The van der Waals surface area contributed by atoms with E-state index in [4.69, 9.17) is 0 Å². The number of hydrogen-bond donors (Lipinski definition) is 0. The maximum Gasteiger partial charge on any atom is 0.436 e. The Morgan fingerprint density at radius 1 is 1.32 bits per heavy atom. The van der Waals surface area contributed by atoms with Crippen LogP contribution in [0.4, 0.5) is 18.2 Å². The van der Waals surface area contributed by atoms with E-state index in [1.54, 1.807) is 18.3 Å². The number of carbonyl (C=O) groups excluding carboxylic acids is 1. The van der Waals surface area contributed by atoms with Gasteiger partial charge in [0, 0.05) is 30.8 Å². The number of aromatic nitrogens is 2. The van der Waals surface area contributed by atoms with Crippen molar-refractivity contribution in [1.29, 1.82) is 0 Å². The molecule has 0 saturated carbocycles. The minimum absolute atomic E-state index is 0.175. The van der Waals surface area contributed by atoms with Gasteiger partial charge in [0.15, 0.2) is 5.69 Å². The summed E-state index contributed by atoms with van der Waals surface area (Å²) in [4.78, 5) is 22.2. The van der Waals surface area contributed by atoms with E-state index in [9.17, 15) is 18.0 Å². The number of amides is 1. The predicted octanol–water partition coefficient (Wildman–Crippen LogP) is 5.75. The summed E-state index contributed by atoms with van der Waals surface area (Å²) in [5.41, 5.74) is -1.23. The number of pyridine rings is 1. The number of thiazole rings is 1. The van der Waals surface area contributed by atoms with Crippen LogP contribution in [-0.2, 0) is 11.0 Å². The number of halogens is 3. The Balaban J connectivity index is 2.52. The number of thioether (sulfide) groups is 1. The molecule has 0 radical (unpaired) electrons. The molecular formula is C19H24F3N3OS2. The van der Waals surface area contributed by atoms with E-state index in [0.717, 1.165) is 22.7 Å². The standard InChI is InChI=1S/C19H24F3N3OS2/c1-5-9-18(6-2,12-27-4)17(26)25(3)16-14(19(20,21)22)24-15(28-16)13-8-7-10-23-11-13/h7-8,10-11H,5-6,9,12H2,1-4H3.